The highest BCUT2D eigenvalue weighted by Gasteiger charge is 2.25. The van der Waals surface area contributed by atoms with Gasteiger partial charge in [-0.05, 0) is 24.0 Å². The summed E-state index contributed by atoms with van der Waals surface area (Å²) in [6, 6.07) is 9.25. The molecule has 0 spiro atoms. The zero-order chi connectivity index (χ0) is 11.4. The predicted octanol–water partition coefficient (Wildman–Crippen LogP) is 2.34. The summed E-state index contributed by atoms with van der Waals surface area (Å²) in [5.74, 6) is 0.710. The van der Waals surface area contributed by atoms with Crippen molar-refractivity contribution in [3.8, 4) is 0 Å². The SMILES string of the molecule is CCC(COC)NCC1Cc2ccccc21. The molecule has 2 heteroatoms. The molecule has 1 aromatic rings. The van der Waals surface area contributed by atoms with Crippen molar-refractivity contribution in [2.24, 2.45) is 0 Å². The molecule has 0 heterocycles. The van der Waals surface area contributed by atoms with Gasteiger partial charge in [0, 0.05) is 25.6 Å². The third-order valence-electron chi connectivity index (χ3n) is 3.47. The van der Waals surface area contributed by atoms with Gasteiger partial charge >= 0.3 is 0 Å². The number of fused-ring (bicyclic) bond motifs is 1. The van der Waals surface area contributed by atoms with E-state index in [9.17, 15) is 0 Å². The first kappa shape index (κ1) is 11.6. The van der Waals surface area contributed by atoms with Gasteiger partial charge in [-0.1, -0.05) is 31.2 Å². The molecule has 1 aliphatic rings. The largest absolute Gasteiger partial charge is 0.383 e. The summed E-state index contributed by atoms with van der Waals surface area (Å²) in [4.78, 5) is 0. The number of rotatable bonds is 6. The Labute approximate surface area is 98.0 Å². The molecule has 2 rings (SSSR count). The minimum absolute atomic E-state index is 0.498. The summed E-state index contributed by atoms with van der Waals surface area (Å²) < 4.78 is 5.19. The quantitative estimate of drug-likeness (QED) is 0.793. The van der Waals surface area contributed by atoms with E-state index in [4.69, 9.17) is 4.74 Å². The van der Waals surface area contributed by atoms with Crippen LogP contribution in [-0.4, -0.2) is 26.3 Å². The molecule has 0 amide bonds. The van der Waals surface area contributed by atoms with Crippen molar-refractivity contribution >= 4 is 0 Å². The number of methoxy groups -OCH3 is 1. The number of hydrogen-bond donors (Lipinski definition) is 1. The highest BCUT2D eigenvalue weighted by molar-refractivity contribution is 5.40. The summed E-state index contributed by atoms with van der Waals surface area (Å²) in [6.45, 7) is 4.09. The summed E-state index contributed by atoms with van der Waals surface area (Å²) in [6.07, 6.45) is 2.36. The second-order valence-corrected chi connectivity index (χ2v) is 4.57. The Morgan fingerprint density at radius 1 is 1.44 bits per heavy atom. The molecule has 0 fully saturated rings. The molecule has 0 aliphatic heterocycles. The average molecular weight is 219 g/mol. The van der Waals surface area contributed by atoms with Gasteiger partial charge in [-0.3, -0.25) is 0 Å². The zero-order valence-corrected chi connectivity index (χ0v) is 10.2. The highest BCUT2D eigenvalue weighted by atomic mass is 16.5. The normalized spacial score (nSPS) is 20.0. The smallest absolute Gasteiger partial charge is 0.0615 e. The average Bonchev–Trinajstić information content (AvgIpc) is 2.29. The summed E-state index contributed by atoms with van der Waals surface area (Å²) in [5, 5.41) is 3.59. The predicted molar refractivity (Wildman–Crippen MR) is 66.8 cm³/mol. The van der Waals surface area contributed by atoms with Crippen molar-refractivity contribution in [2.45, 2.75) is 31.7 Å². The van der Waals surface area contributed by atoms with Crippen LogP contribution in [0.15, 0.2) is 24.3 Å². The first-order valence-electron chi connectivity index (χ1n) is 6.15. The second kappa shape index (κ2) is 5.46. The van der Waals surface area contributed by atoms with Crippen LogP contribution in [-0.2, 0) is 11.2 Å². The molecule has 0 saturated carbocycles. The van der Waals surface area contributed by atoms with Crippen molar-refractivity contribution < 1.29 is 4.74 Å². The summed E-state index contributed by atoms with van der Waals surface area (Å²) in [7, 11) is 1.77. The van der Waals surface area contributed by atoms with Crippen LogP contribution in [0.25, 0.3) is 0 Å². The Balaban J connectivity index is 1.81. The fourth-order valence-electron chi connectivity index (χ4n) is 2.38. The Bertz CT molecular complexity index is 337. The molecule has 1 aromatic carbocycles. The van der Waals surface area contributed by atoms with Gasteiger partial charge in [0.25, 0.3) is 0 Å². The first-order valence-corrected chi connectivity index (χ1v) is 6.15. The molecule has 16 heavy (non-hydrogen) atoms. The fraction of sp³-hybridized carbons (Fsp3) is 0.571. The van der Waals surface area contributed by atoms with Crippen molar-refractivity contribution in [1.82, 2.24) is 5.32 Å². The van der Waals surface area contributed by atoms with Gasteiger partial charge in [0.15, 0.2) is 0 Å². The molecule has 88 valence electrons. The molecular formula is C14H21NO. The van der Waals surface area contributed by atoms with Crippen molar-refractivity contribution in [1.29, 1.82) is 0 Å². The van der Waals surface area contributed by atoms with Gasteiger partial charge in [0.1, 0.15) is 0 Å². The van der Waals surface area contributed by atoms with E-state index in [1.54, 1.807) is 7.11 Å². The third kappa shape index (κ3) is 2.45. The summed E-state index contributed by atoms with van der Waals surface area (Å²) in [5.41, 5.74) is 3.05. The minimum atomic E-state index is 0.498. The van der Waals surface area contributed by atoms with E-state index in [-0.39, 0.29) is 0 Å². The fourth-order valence-corrected chi connectivity index (χ4v) is 2.38. The van der Waals surface area contributed by atoms with E-state index >= 15 is 0 Å². The number of ether oxygens (including phenoxy) is 1. The van der Waals surface area contributed by atoms with Crippen molar-refractivity contribution in [3.63, 3.8) is 0 Å². The Morgan fingerprint density at radius 3 is 2.94 bits per heavy atom. The molecule has 0 saturated heterocycles. The van der Waals surface area contributed by atoms with Gasteiger partial charge in [-0.25, -0.2) is 0 Å². The van der Waals surface area contributed by atoms with Crippen molar-refractivity contribution in [3.05, 3.63) is 35.4 Å². The molecule has 1 aliphatic carbocycles. The van der Waals surface area contributed by atoms with Gasteiger partial charge in [0.2, 0.25) is 0 Å². The monoisotopic (exact) mass is 219 g/mol. The molecule has 2 nitrogen and oxygen atoms in total. The number of hydrogen-bond acceptors (Lipinski definition) is 2. The Morgan fingerprint density at radius 2 is 2.25 bits per heavy atom. The lowest BCUT2D eigenvalue weighted by atomic mass is 9.77. The maximum absolute atomic E-state index is 5.19. The lowest BCUT2D eigenvalue weighted by Crippen LogP contribution is -2.38. The maximum Gasteiger partial charge on any atom is 0.0615 e. The van der Waals surface area contributed by atoms with E-state index in [0.717, 1.165) is 19.6 Å². The van der Waals surface area contributed by atoms with Crippen LogP contribution in [0.3, 0.4) is 0 Å². The van der Waals surface area contributed by atoms with Crippen LogP contribution >= 0.6 is 0 Å². The summed E-state index contributed by atoms with van der Waals surface area (Å²) >= 11 is 0. The first-order chi connectivity index (χ1) is 7.85. The standard InChI is InChI=1S/C14H21NO/c1-3-13(10-16-2)15-9-12-8-11-6-4-5-7-14(11)12/h4-7,12-13,15H,3,8-10H2,1-2H3. The second-order valence-electron chi connectivity index (χ2n) is 4.57. The lowest BCUT2D eigenvalue weighted by Gasteiger charge is -2.31. The number of benzene rings is 1. The van der Waals surface area contributed by atoms with Crippen LogP contribution in [0.2, 0.25) is 0 Å². The van der Waals surface area contributed by atoms with Crippen LogP contribution < -0.4 is 5.32 Å². The van der Waals surface area contributed by atoms with Crippen LogP contribution in [0.5, 0.6) is 0 Å². The van der Waals surface area contributed by atoms with Gasteiger partial charge < -0.3 is 10.1 Å². The molecule has 1 N–H and O–H groups in total. The van der Waals surface area contributed by atoms with E-state index in [1.807, 2.05) is 0 Å². The lowest BCUT2D eigenvalue weighted by molar-refractivity contribution is 0.163. The van der Waals surface area contributed by atoms with E-state index < -0.39 is 0 Å². The minimum Gasteiger partial charge on any atom is -0.383 e. The van der Waals surface area contributed by atoms with Crippen LogP contribution in [0.4, 0.5) is 0 Å². The molecule has 0 bridgehead atoms. The Hall–Kier alpha value is -0.860. The van der Waals surface area contributed by atoms with Gasteiger partial charge in [-0.15, -0.1) is 0 Å². The van der Waals surface area contributed by atoms with E-state index in [0.29, 0.717) is 12.0 Å². The van der Waals surface area contributed by atoms with Crippen LogP contribution in [0, 0.1) is 0 Å². The molecule has 2 unspecified atom stereocenters. The highest BCUT2D eigenvalue weighted by Crippen LogP contribution is 2.34. The molecular weight excluding hydrogens is 198 g/mol. The van der Waals surface area contributed by atoms with Gasteiger partial charge in [-0.2, -0.15) is 0 Å². The molecule has 2 atom stereocenters. The zero-order valence-electron chi connectivity index (χ0n) is 10.2. The number of nitrogens with one attached hydrogen (secondary N) is 1. The topological polar surface area (TPSA) is 21.3 Å². The maximum atomic E-state index is 5.19. The molecule has 0 aromatic heterocycles. The molecule has 0 radical (unpaired) electrons. The van der Waals surface area contributed by atoms with E-state index in [1.165, 1.54) is 17.5 Å². The van der Waals surface area contributed by atoms with Crippen LogP contribution in [0.1, 0.15) is 30.4 Å². The van der Waals surface area contributed by atoms with E-state index in [2.05, 4.69) is 36.5 Å². The van der Waals surface area contributed by atoms with Gasteiger partial charge in [0.05, 0.1) is 6.61 Å². The van der Waals surface area contributed by atoms with Crippen molar-refractivity contribution in [2.75, 3.05) is 20.3 Å². The third-order valence-corrected chi connectivity index (χ3v) is 3.47. The Kier molecular flexibility index (Phi) is 3.97.